The van der Waals surface area contributed by atoms with Crippen LogP contribution in [0.3, 0.4) is 0 Å². The average molecular weight is 328 g/mol. The van der Waals surface area contributed by atoms with Crippen LogP contribution in [0.25, 0.3) is 5.78 Å². The van der Waals surface area contributed by atoms with Gasteiger partial charge in [-0.15, -0.1) is 0 Å². The standard InChI is InChI=1S/C15H20N8O/c1-10-6-14(23-15(18-10)16-9-17-23)20-12-4-3-5-22(7-12)8-13-19-11(2)24-21-13/h6,9,12,20H,3-5,7-8H2,1-2H3/t12-/m0/s1. The summed E-state index contributed by atoms with van der Waals surface area (Å²) in [5, 5.41) is 11.8. The zero-order valence-electron chi connectivity index (χ0n) is 13.8. The first-order valence-corrected chi connectivity index (χ1v) is 8.13. The summed E-state index contributed by atoms with van der Waals surface area (Å²) >= 11 is 0. The van der Waals surface area contributed by atoms with E-state index in [0.717, 1.165) is 43.3 Å². The van der Waals surface area contributed by atoms with Gasteiger partial charge < -0.3 is 9.84 Å². The highest BCUT2D eigenvalue weighted by Crippen LogP contribution is 2.18. The lowest BCUT2D eigenvalue weighted by atomic mass is 10.1. The van der Waals surface area contributed by atoms with Crippen LogP contribution in [0.2, 0.25) is 0 Å². The molecule has 0 saturated carbocycles. The molecule has 126 valence electrons. The Morgan fingerprint density at radius 3 is 3.08 bits per heavy atom. The molecule has 1 aliphatic rings. The van der Waals surface area contributed by atoms with Gasteiger partial charge in [0.1, 0.15) is 12.1 Å². The fourth-order valence-electron chi connectivity index (χ4n) is 3.17. The molecule has 1 fully saturated rings. The largest absolute Gasteiger partial charge is 0.366 e. The second-order valence-electron chi connectivity index (χ2n) is 6.20. The molecule has 4 heterocycles. The van der Waals surface area contributed by atoms with Crippen LogP contribution in [0.5, 0.6) is 0 Å². The van der Waals surface area contributed by atoms with Crippen LogP contribution in [0.4, 0.5) is 5.82 Å². The summed E-state index contributed by atoms with van der Waals surface area (Å²) < 4.78 is 6.80. The van der Waals surface area contributed by atoms with Crippen LogP contribution in [0.1, 0.15) is 30.3 Å². The van der Waals surface area contributed by atoms with Crippen molar-refractivity contribution >= 4 is 11.6 Å². The van der Waals surface area contributed by atoms with Gasteiger partial charge in [-0.3, -0.25) is 4.90 Å². The number of fused-ring (bicyclic) bond motifs is 1. The van der Waals surface area contributed by atoms with Gasteiger partial charge in [0.15, 0.2) is 5.82 Å². The average Bonchev–Trinajstić information content (AvgIpc) is 3.16. The molecular weight excluding hydrogens is 308 g/mol. The first-order valence-electron chi connectivity index (χ1n) is 8.13. The van der Waals surface area contributed by atoms with Crippen LogP contribution in [0.15, 0.2) is 16.9 Å². The Morgan fingerprint density at radius 1 is 1.33 bits per heavy atom. The van der Waals surface area contributed by atoms with E-state index < -0.39 is 0 Å². The number of nitrogens with one attached hydrogen (secondary N) is 1. The summed E-state index contributed by atoms with van der Waals surface area (Å²) in [6.45, 7) is 6.45. The van der Waals surface area contributed by atoms with Crippen LogP contribution in [-0.4, -0.2) is 53.8 Å². The molecule has 1 aliphatic heterocycles. The van der Waals surface area contributed by atoms with Crippen molar-refractivity contribution in [3.63, 3.8) is 0 Å². The quantitative estimate of drug-likeness (QED) is 0.763. The molecule has 3 aromatic rings. The number of piperidine rings is 1. The highest BCUT2D eigenvalue weighted by Gasteiger charge is 2.22. The zero-order valence-corrected chi connectivity index (χ0v) is 13.8. The molecular formula is C15H20N8O. The lowest BCUT2D eigenvalue weighted by Crippen LogP contribution is -2.42. The molecule has 0 unspecified atom stereocenters. The van der Waals surface area contributed by atoms with Crippen molar-refractivity contribution in [1.82, 2.24) is 34.6 Å². The monoisotopic (exact) mass is 328 g/mol. The molecule has 9 heteroatoms. The number of likely N-dealkylation sites (tertiary alicyclic amines) is 1. The number of hydrogen-bond acceptors (Lipinski definition) is 8. The highest BCUT2D eigenvalue weighted by atomic mass is 16.5. The smallest absolute Gasteiger partial charge is 0.254 e. The summed E-state index contributed by atoms with van der Waals surface area (Å²) in [6, 6.07) is 2.34. The molecule has 24 heavy (non-hydrogen) atoms. The van der Waals surface area contributed by atoms with Crippen molar-refractivity contribution in [2.24, 2.45) is 0 Å². The van der Waals surface area contributed by atoms with Gasteiger partial charge in [-0.1, -0.05) is 5.16 Å². The Balaban J connectivity index is 1.47. The van der Waals surface area contributed by atoms with E-state index in [9.17, 15) is 0 Å². The maximum Gasteiger partial charge on any atom is 0.254 e. The summed E-state index contributed by atoms with van der Waals surface area (Å²) in [7, 11) is 0. The van der Waals surface area contributed by atoms with Crippen molar-refractivity contribution in [2.45, 2.75) is 39.3 Å². The topological polar surface area (TPSA) is 97.3 Å². The van der Waals surface area contributed by atoms with Gasteiger partial charge >= 0.3 is 0 Å². The maximum absolute atomic E-state index is 5.05. The maximum atomic E-state index is 5.05. The molecule has 1 atom stereocenters. The van der Waals surface area contributed by atoms with Crippen molar-refractivity contribution in [1.29, 1.82) is 0 Å². The molecule has 0 aromatic carbocycles. The lowest BCUT2D eigenvalue weighted by molar-refractivity contribution is 0.201. The minimum absolute atomic E-state index is 0.334. The molecule has 0 aliphatic carbocycles. The number of aryl methyl sites for hydroxylation is 2. The normalized spacial score (nSPS) is 19.0. The zero-order chi connectivity index (χ0) is 16.5. The molecule has 0 bridgehead atoms. The van der Waals surface area contributed by atoms with E-state index in [1.54, 1.807) is 4.52 Å². The molecule has 0 amide bonds. The molecule has 1 N–H and O–H groups in total. The van der Waals surface area contributed by atoms with E-state index >= 15 is 0 Å². The van der Waals surface area contributed by atoms with Crippen molar-refractivity contribution in [2.75, 3.05) is 18.4 Å². The molecule has 0 spiro atoms. The Bertz CT molecular complexity index is 841. The van der Waals surface area contributed by atoms with Gasteiger partial charge in [0.25, 0.3) is 5.78 Å². The van der Waals surface area contributed by atoms with E-state index in [0.29, 0.717) is 24.3 Å². The molecule has 0 radical (unpaired) electrons. The number of anilines is 1. The van der Waals surface area contributed by atoms with Crippen LogP contribution < -0.4 is 5.32 Å². The molecule has 4 rings (SSSR count). The van der Waals surface area contributed by atoms with Gasteiger partial charge in [-0.2, -0.15) is 19.6 Å². The Kier molecular flexibility index (Phi) is 3.85. The van der Waals surface area contributed by atoms with E-state index in [4.69, 9.17) is 4.52 Å². The predicted octanol–water partition coefficient (Wildman–Crippen LogP) is 1.20. The number of rotatable bonds is 4. The van der Waals surface area contributed by atoms with Gasteiger partial charge in [0.05, 0.1) is 6.54 Å². The van der Waals surface area contributed by atoms with E-state index in [2.05, 4.69) is 35.4 Å². The second-order valence-corrected chi connectivity index (χ2v) is 6.20. The van der Waals surface area contributed by atoms with Crippen molar-refractivity contribution < 1.29 is 4.52 Å². The van der Waals surface area contributed by atoms with E-state index in [1.165, 1.54) is 6.33 Å². The minimum atomic E-state index is 0.334. The number of nitrogens with zero attached hydrogens (tertiary/aromatic N) is 7. The van der Waals surface area contributed by atoms with Crippen LogP contribution in [-0.2, 0) is 6.54 Å². The number of aromatic nitrogens is 6. The van der Waals surface area contributed by atoms with Gasteiger partial charge in [0, 0.05) is 31.3 Å². The predicted molar refractivity (Wildman–Crippen MR) is 86.5 cm³/mol. The third-order valence-electron chi connectivity index (χ3n) is 4.17. The van der Waals surface area contributed by atoms with Crippen LogP contribution in [0, 0.1) is 13.8 Å². The third kappa shape index (κ3) is 3.07. The lowest BCUT2D eigenvalue weighted by Gasteiger charge is -2.32. The van der Waals surface area contributed by atoms with E-state index in [1.807, 2.05) is 19.9 Å². The summed E-state index contributed by atoms with van der Waals surface area (Å²) in [5.41, 5.74) is 0.924. The van der Waals surface area contributed by atoms with E-state index in [-0.39, 0.29) is 0 Å². The fraction of sp³-hybridized carbons (Fsp3) is 0.533. The Morgan fingerprint density at radius 2 is 2.25 bits per heavy atom. The first-order chi connectivity index (χ1) is 11.7. The van der Waals surface area contributed by atoms with Gasteiger partial charge in [0.2, 0.25) is 5.89 Å². The van der Waals surface area contributed by atoms with Gasteiger partial charge in [-0.05, 0) is 26.3 Å². The third-order valence-corrected chi connectivity index (χ3v) is 4.17. The minimum Gasteiger partial charge on any atom is -0.366 e. The number of hydrogen-bond donors (Lipinski definition) is 1. The van der Waals surface area contributed by atoms with Gasteiger partial charge in [-0.25, -0.2) is 4.98 Å². The van der Waals surface area contributed by atoms with Crippen LogP contribution >= 0.6 is 0 Å². The SMILES string of the molecule is Cc1cc(N[C@H]2CCCN(Cc3noc(C)n3)C2)n2ncnc2n1. The highest BCUT2D eigenvalue weighted by molar-refractivity contribution is 5.45. The summed E-state index contributed by atoms with van der Waals surface area (Å²) in [5.74, 6) is 2.90. The Labute approximate surface area is 139 Å². The summed E-state index contributed by atoms with van der Waals surface area (Å²) in [6.07, 6.45) is 3.76. The van der Waals surface area contributed by atoms with Crippen molar-refractivity contribution in [3.8, 4) is 0 Å². The van der Waals surface area contributed by atoms with Crippen molar-refractivity contribution in [3.05, 3.63) is 29.8 Å². The first kappa shape index (κ1) is 15.0. The molecule has 9 nitrogen and oxygen atoms in total. The Hall–Kier alpha value is -2.55. The second kappa shape index (κ2) is 6.16. The fourth-order valence-corrected chi connectivity index (χ4v) is 3.17. The molecule has 1 saturated heterocycles. The molecule has 3 aromatic heterocycles. The summed E-state index contributed by atoms with van der Waals surface area (Å²) in [4.78, 5) is 15.2.